The molecule has 0 aromatic rings. The monoisotopic (exact) mass is 275 g/mol. The van der Waals surface area contributed by atoms with E-state index in [1.54, 1.807) is 0 Å². The van der Waals surface area contributed by atoms with E-state index in [2.05, 4.69) is 0 Å². The standard InChI is InChI=1S/C13H21NO3.ClH/c1-11(2,3)17-10(16)12-4-6-13(14,7-5-12)9(15)8-12;/h4-8,14H2,1-3H3;1H. The number of hydrogen-bond acceptors (Lipinski definition) is 4. The van der Waals surface area contributed by atoms with Crippen molar-refractivity contribution in [3.8, 4) is 0 Å². The topological polar surface area (TPSA) is 69.4 Å². The maximum atomic E-state index is 12.2. The van der Waals surface area contributed by atoms with Crippen LogP contribution in [-0.2, 0) is 14.3 Å². The number of Topliss-reactive ketones (excluding diaryl/α,β-unsaturated/α-hetero) is 1. The van der Waals surface area contributed by atoms with Gasteiger partial charge in [-0.05, 0) is 46.5 Å². The highest BCUT2D eigenvalue weighted by Gasteiger charge is 2.56. The highest BCUT2D eigenvalue weighted by Crippen LogP contribution is 2.50. The molecule has 0 amide bonds. The van der Waals surface area contributed by atoms with Gasteiger partial charge < -0.3 is 10.5 Å². The maximum Gasteiger partial charge on any atom is 0.313 e. The zero-order valence-electron chi connectivity index (χ0n) is 11.2. The molecule has 4 nitrogen and oxygen atoms in total. The summed E-state index contributed by atoms with van der Waals surface area (Å²) >= 11 is 0. The molecular weight excluding hydrogens is 254 g/mol. The summed E-state index contributed by atoms with van der Waals surface area (Å²) in [5.74, 6) is -0.194. The molecule has 0 aromatic carbocycles. The van der Waals surface area contributed by atoms with Gasteiger partial charge in [-0.3, -0.25) is 9.59 Å². The lowest BCUT2D eigenvalue weighted by molar-refractivity contribution is -0.177. The Morgan fingerprint density at radius 3 is 2.11 bits per heavy atom. The minimum absolute atomic E-state index is 0. The quantitative estimate of drug-likeness (QED) is 0.743. The first-order valence-corrected chi connectivity index (χ1v) is 6.23. The summed E-state index contributed by atoms with van der Waals surface area (Å²) in [6.45, 7) is 5.55. The van der Waals surface area contributed by atoms with Crippen molar-refractivity contribution < 1.29 is 14.3 Å². The number of esters is 1. The van der Waals surface area contributed by atoms with Crippen LogP contribution in [0.5, 0.6) is 0 Å². The van der Waals surface area contributed by atoms with Crippen molar-refractivity contribution in [3.05, 3.63) is 0 Å². The summed E-state index contributed by atoms with van der Waals surface area (Å²) in [6.07, 6.45) is 2.86. The van der Waals surface area contributed by atoms with E-state index in [1.807, 2.05) is 20.8 Å². The molecule has 18 heavy (non-hydrogen) atoms. The first kappa shape index (κ1) is 15.4. The Labute approximate surface area is 114 Å². The van der Waals surface area contributed by atoms with Crippen LogP contribution in [0.4, 0.5) is 0 Å². The van der Waals surface area contributed by atoms with Gasteiger partial charge in [-0.2, -0.15) is 0 Å². The summed E-state index contributed by atoms with van der Waals surface area (Å²) in [5, 5.41) is 0. The van der Waals surface area contributed by atoms with E-state index < -0.39 is 16.6 Å². The maximum absolute atomic E-state index is 12.2. The second-order valence-electron chi connectivity index (χ2n) is 6.54. The average molecular weight is 276 g/mol. The molecule has 0 atom stereocenters. The molecule has 3 fully saturated rings. The van der Waals surface area contributed by atoms with E-state index in [4.69, 9.17) is 10.5 Å². The number of rotatable bonds is 1. The molecule has 3 aliphatic carbocycles. The van der Waals surface area contributed by atoms with Gasteiger partial charge in [0.2, 0.25) is 0 Å². The van der Waals surface area contributed by atoms with Crippen molar-refractivity contribution in [2.45, 2.75) is 64.0 Å². The van der Waals surface area contributed by atoms with Gasteiger partial charge in [0.15, 0.2) is 5.78 Å². The molecule has 2 bridgehead atoms. The van der Waals surface area contributed by atoms with Crippen molar-refractivity contribution in [2.24, 2.45) is 11.1 Å². The molecule has 0 unspecified atom stereocenters. The zero-order valence-corrected chi connectivity index (χ0v) is 12.1. The molecule has 3 aliphatic rings. The van der Waals surface area contributed by atoms with Crippen molar-refractivity contribution in [1.82, 2.24) is 0 Å². The van der Waals surface area contributed by atoms with Crippen molar-refractivity contribution >= 4 is 24.2 Å². The van der Waals surface area contributed by atoms with Gasteiger partial charge in [0.25, 0.3) is 0 Å². The molecule has 104 valence electrons. The van der Waals surface area contributed by atoms with Crippen LogP contribution in [0.15, 0.2) is 0 Å². The Morgan fingerprint density at radius 1 is 1.22 bits per heavy atom. The van der Waals surface area contributed by atoms with Crippen molar-refractivity contribution in [2.75, 3.05) is 0 Å². The number of ether oxygens (including phenoxy) is 1. The Hall–Kier alpha value is -0.610. The third-order valence-corrected chi connectivity index (χ3v) is 3.99. The molecule has 0 aromatic heterocycles. The van der Waals surface area contributed by atoms with Crippen LogP contribution in [-0.4, -0.2) is 22.9 Å². The molecular formula is C13H22ClNO3. The fraction of sp³-hybridized carbons (Fsp3) is 0.846. The predicted molar refractivity (Wildman–Crippen MR) is 70.5 cm³/mol. The molecule has 5 heteroatoms. The molecule has 0 saturated heterocycles. The highest BCUT2D eigenvalue weighted by molar-refractivity contribution is 5.96. The first-order valence-electron chi connectivity index (χ1n) is 6.23. The number of carbonyl (C=O) groups is 2. The van der Waals surface area contributed by atoms with Crippen LogP contribution < -0.4 is 5.73 Å². The number of nitrogens with two attached hydrogens (primary N) is 1. The number of halogens is 1. The van der Waals surface area contributed by atoms with Crippen LogP contribution in [0, 0.1) is 5.41 Å². The van der Waals surface area contributed by atoms with E-state index in [1.165, 1.54) is 0 Å². The van der Waals surface area contributed by atoms with Gasteiger partial charge in [-0.25, -0.2) is 0 Å². The summed E-state index contributed by atoms with van der Waals surface area (Å²) < 4.78 is 5.45. The van der Waals surface area contributed by atoms with E-state index in [0.29, 0.717) is 25.7 Å². The van der Waals surface area contributed by atoms with Crippen molar-refractivity contribution in [3.63, 3.8) is 0 Å². The van der Waals surface area contributed by atoms with E-state index >= 15 is 0 Å². The molecule has 3 saturated carbocycles. The first-order chi connectivity index (χ1) is 7.67. The molecule has 0 heterocycles. The van der Waals surface area contributed by atoms with Crippen LogP contribution in [0.25, 0.3) is 0 Å². The summed E-state index contributed by atoms with van der Waals surface area (Å²) in [7, 11) is 0. The Kier molecular flexibility index (Phi) is 3.86. The molecule has 0 radical (unpaired) electrons. The SMILES string of the molecule is CC(C)(C)OC(=O)C12CCC(N)(CC1)C(=O)C2.Cl. The van der Waals surface area contributed by atoms with E-state index in [0.717, 1.165) is 0 Å². The average Bonchev–Trinajstić information content (AvgIpc) is 2.18. The van der Waals surface area contributed by atoms with Gasteiger partial charge in [-0.15, -0.1) is 12.4 Å². The largest absolute Gasteiger partial charge is 0.460 e. The Morgan fingerprint density at radius 2 is 1.72 bits per heavy atom. The number of fused-ring (bicyclic) bond motifs is 3. The lowest BCUT2D eigenvalue weighted by atomic mass is 9.57. The van der Waals surface area contributed by atoms with Gasteiger partial charge in [-0.1, -0.05) is 0 Å². The van der Waals surface area contributed by atoms with Crippen LogP contribution >= 0.6 is 12.4 Å². The number of carbonyl (C=O) groups excluding carboxylic acids is 2. The fourth-order valence-corrected chi connectivity index (χ4v) is 2.78. The minimum Gasteiger partial charge on any atom is -0.460 e. The van der Waals surface area contributed by atoms with Gasteiger partial charge >= 0.3 is 5.97 Å². The Bertz CT molecular complexity index is 365. The smallest absolute Gasteiger partial charge is 0.313 e. The minimum atomic E-state index is -0.663. The molecule has 2 N–H and O–H groups in total. The van der Waals surface area contributed by atoms with Crippen LogP contribution in [0.1, 0.15) is 52.9 Å². The van der Waals surface area contributed by atoms with Gasteiger partial charge in [0.1, 0.15) is 5.60 Å². The lowest BCUT2D eigenvalue weighted by Gasteiger charge is -2.49. The molecule has 0 spiro atoms. The second kappa shape index (κ2) is 4.49. The predicted octanol–water partition coefficient (Wildman–Crippen LogP) is 1.98. The number of ketones is 1. The molecule has 3 rings (SSSR count). The third kappa shape index (κ3) is 2.54. The van der Waals surface area contributed by atoms with Gasteiger partial charge in [0, 0.05) is 6.42 Å². The van der Waals surface area contributed by atoms with E-state index in [-0.39, 0.29) is 30.6 Å². The number of hydrogen-bond donors (Lipinski definition) is 1. The highest BCUT2D eigenvalue weighted by atomic mass is 35.5. The molecule has 0 aliphatic heterocycles. The third-order valence-electron chi connectivity index (χ3n) is 3.99. The van der Waals surface area contributed by atoms with Crippen LogP contribution in [0.3, 0.4) is 0 Å². The van der Waals surface area contributed by atoms with Crippen molar-refractivity contribution in [1.29, 1.82) is 0 Å². The summed E-state index contributed by atoms with van der Waals surface area (Å²) in [6, 6.07) is 0. The Balaban J connectivity index is 0.00000162. The van der Waals surface area contributed by atoms with E-state index in [9.17, 15) is 9.59 Å². The fourth-order valence-electron chi connectivity index (χ4n) is 2.78. The zero-order chi connectivity index (χ0) is 12.9. The normalized spacial score (nSPS) is 35.0. The summed E-state index contributed by atoms with van der Waals surface area (Å²) in [5.41, 5.74) is 4.27. The van der Waals surface area contributed by atoms with Gasteiger partial charge in [0.05, 0.1) is 11.0 Å². The second-order valence-corrected chi connectivity index (χ2v) is 6.54. The van der Waals surface area contributed by atoms with Crippen LogP contribution in [0.2, 0.25) is 0 Å². The lowest BCUT2D eigenvalue weighted by Crippen LogP contribution is -2.61. The summed E-state index contributed by atoms with van der Waals surface area (Å²) in [4.78, 5) is 24.1.